The first-order chi connectivity index (χ1) is 12.4. The number of rotatable bonds is 5. The van der Waals surface area contributed by atoms with Gasteiger partial charge in [0.25, 0.3) is 5.56 Å². The maximum absolute atomic E-state index is 12.8. The van der Waals surface area contributed by atoms with Crippen molar-refractivity contribution in [1.29, 1.82) is 0 Å². The molecule has 26 heavy (non-hydrogen) atoms. The Morgan fingerprint density at radius 1 is 1.38 bits per heavy atom. The maximum Gasteiger partial charge on any atom is 0.263 e. The summed E-state index contributed by atoms with van der Waals surface area (Å²) in [6, 6.07) is 7.63. The van der Waals surface area contributed by atoms with Crippen molar-refractivity contribution in [3.63, 3.8) is 0 Å². The minimum absolute atomic E-state index is 0.0279. The lowest BCUT2D eigenvalue weighted by Gasteiger charge is -2.10. The third-order valence-electron chi connectivity index (χ3n) is 4.01. The third-order valence-corrected chi connectivity index (χ3v) is 6.76. The number of fused-ring (bicyclic) bond motifs is 1. The number of thiophene rings is 1. The van der Waals surface area contributed by atoms with Gasteiger partial charge in [-0.3, -0.25) is 14.2 Å². The molecule has 1 amide bonds. The molecule has 0 radical (unpaired) electrons. The molecule has 2 heterocycles. The van der Waals surface area contributed by atoms with Gasteiger partial charge in [0.2, 0.25) is 5.91 Å². The van der Waals surface area contributed by atoms with Crippen LogP contribution in [0.25, 0.3) is 10.2 Å². The van der Waals surface area contributed by atoms with Crippen molar-refractivity contribution in [1.82, 2.24) is 9.55 Å². The number of carbonyl (C=O) groups is 1. The van der Waals surface area contributed by atoms with Crippen LogP contribution >= 0.6 is 45.7 Å². The van der Waals surface area contributed by atoms with Crippen LogP contribution in [0.2, 0.25) is 0 Å². The molecule has 136 valence electrons. The van der Waals surface area contributed by atoms with Gasteiger partial charge in [-0.2, -0.15) is 0 Å². The van der Waals surface area contributed by atoms with E-state index in [0.29, 0.717) is 17.1 Å². The van der Waals surface area contributed by atoms with E-state index < -0.39 is 0 Å². The number of thioether (sulfide) groups is 1. The molecule has 0 aliphatic heterocycles. The Morgan fingerprint density at radius 2 is 2.15 bits per heavy atom. The van der Waals surface area contributed by atoms with E-state index in [-0.39, 0.29) is 17.2 Å². The van der Waals surface area contributed by atoms with Crippen molar-refractivity contribution >= 4 is 67.5 Å². The summed E-state index contributed by atoms with van der Waals surface area (Å²) >= 11 is 5.02. The van der Waals surface area contributed by atoms with E-state index in [0.717, 1.165) is 24.5 Å². The number of anilines is 1. The molecular formula is C18H18IN3O2S2. The summed E-state index contributed by atoms with van der Waals surface area (Å²) in [7, 11) is 0. The number of amides is 1. The van der Waals surface area contributed by atoms with Crippen LogP contribution in [0, 0.1) is 17.4 Å². The molecule has 5 nitrogen and oxygen atoms in total. The maximum atomic E-state index is 12.8. The predicted octanol–water partition coefficient (Wildman–Crippen LogP) is 4.43. The van der Waals surface area contributed by atoms with Gasteiger partial charge in [-0.1, -0.05) is 17.8 Å². The van der Waals surface area contributed by atoms with Crippen LogP contribution in [-0.4, -0.2) is 21.2 Å². The molecule has 0 aliphatic carbocycles. The smallest absolute Gasteiger partial charge is 0.263 e. The van der Waals surface area contributed by atoms with Gasteiger partial charge < -0.3 is 5.32 Å². The van der Waals surface area contributed by atoms with Crippen LogP contribution in [0.4, 0.5) is 5.69 Å². The number of hydrogen-bond donors (Lipinski definition) is 1. The van der Waals surface area contributed by atoms with Crippen LogP contribution in [0.5, 0.6) is 0 Å². The molecule has 2 aromatic heterocycles. The summed E-state index contributed by atoms with van der Waals surface area (Å²) in [6.45, 7) is 6.40. The summed E-state index contributed by atoms with van der Waals surface area (Å²) in [6.07, 6.45) is 0. The van der Waals surface area contributed by atoms with Crippen molar-refractivity contribution < 1.29 is 4.79 Å². The third kappa shape index (κ3) is 3.96. The Hall–Kier alpha value is -1.39. The predicted molar refractivity (Wildman–Crippen MR) is 118 cm³/mol. The molecule has 0 atom stereocenters. The first kappa shape index (κ1) is 19.4. The summed E-state index contributed by atoms with van der Waals surface area (Å²) < 4.78 is 2.70. The highest BCUT2D eigenvalue weighted by molar-refractivity contribution is 14.1. The van der Waals surface area contributed by atoms with Gasteiger partial charge in [0.15, 0.2) is 5.16 Å². The normalized spacial score (nSPS) is 11.1. The van der Waals surface area contributed by atoms with E-state index in [2.05, 4.69) is 32.9 Å². The second kappa shape index (κ2) is 8.10. The van der Waals surface area contributed by atoms with E-state index in [9.17, 15) is 9.59 Å². The monoisotopic (exact) mass is 499 g/mol. The molecule has 3 rings (SSSR count). The van der Waals surface area contributed by atoms with Crippen molar-refractivity contribution in [3.05, 3.63) is 48.6 Å². The summed E-state index contributed by atoms with van der Waals surface area (Å²) in [5, 5.41) is 4.16. The minimum Gasteiger partial charge on any atom is -0.325 e. The van der Waals surface area contributed by atoms with Crippen LogP contribution in [0.3, 0.4) is 0 Å². The molecule has 0 saturated carbocycles. The van der Waals surface area contributed by atoms with Crippen LogP contribution in [0.15, 0.2) is 34.2 Å². The molecule has 0 aliphatic rings. The lowest BCUT2D eigenvalue weighted by molar-refractivity contribution is -0.113. The zero-order chi connectivity index (χ0) is 18.8. The fourth-order valence-corrected chi connectivity index (χ4v) is 5.07. The SMILES string of the molecule is CCn1c(SCC(=O)Nc2cccc(I)c2)nc2sc(C)c(C)c2c1=O. The molecule has 3 aromatic rings. The summed E-state index contributed by atoms with van der Waals surface area (Å²) in [5.74, 6) is 0.0831. The Labute approximate surface area is 173 Å². The van der Waals surface area contributed by atoms with E-state index in [1.807, 2.05) is 45.0 Å². The molecular weight excluding hydrogens is 481 g/mol. The zero-order valence-electron chi connectivity index (χ0n) is 14.6. The van der Waals surface area contributed by atoms with Gasteiger partial charge >= 0.3 is 0 Å². The Balaban J connectivity index is 1.82. The van der Waals surface area contributed by atoms with Crippen molar-refractivity contribution in [2.24, 2.45) is 0 Å². The number of aryl methyl sites for hydroxylation is 2. The van der Waals surface area contributed by atoms with Gasteiger partial charge in [0.05, 0.1) is 11.1 Å². The Morgan fingerprint density at radius 3 is 2.85 bits per heavy atom. The van der Waals surface area contributed by atoms with Gasteiger partial charge in [0.1, 0.15) is 4.83 Å². The lowest BCUT2D eigenvalue weighted by atomic mass is 10.2. The minimum atomic E-state index is -0.118. The molecule has 0 spiro atoms. The van der Waals surface area contributed by atoms with Crippen LogP contribution in [0.1, 0.15) is 17.4 Å². The number of benzene rings is 1. The molecule has 1 aromatic carbocycles. The number of hydrogen-bond acceptors (Lipinski definition) is 5. The standard InChI is InChI=1S/C18H18IN3O2S2/c1-4-22-17(24)15-10(2)11(3)26-16(15)21-18(22)25-9-14(23)20-13-7-5-6-12(19)8-13/h5-8H,4,9H2,1-3H3,(H,20,23). The fourth-order valence-electron chi connectivity index (χ4n) is 2.59. The number of carbonyl (C=O) groups excluding carboxylic acids is 1. The van der Waals surface area contributed by atoms with E-state index >= 15 is 0 Å². The van der Waals surface area contributed by atoms with Crippen molar-refractivity contribution in [3.8, 4) is 0 Å². The number of nitrogens with zero attached hydrogens (tertiary/aromatic N) is 2. The zero-order valence-corrected chi connectivity index (χ0v) is 18.4. The van der Waals surface area contributed by atoms with Crippen molar-refractivity contribution in [2.45, 2.75) is 32.5 Å². The van der Waals surface area contributed by atoms with E-state index in [1.165, 1.54) is 23.1 Å². The Kier molecular flexibility index (Phi) is 6.03. The molecule has 8 heteroatoms. The van der Waals surface area contributed by atoms with Gasteiger partial charge in [-0.05, 0) is 67.1 Å². The highest BCUT2D eigenvalue weighted by Gasteiger charge is 2.16. The fraction of sp³-hybridized carbons (Fsp3) is 0.278. The van der Waals surface area contributed by atoms with Crippen molar-refractivity contribution in [2.75, 3.05) is 11.1 Å². The number of nitrogens with one attached hydrogen (secondary N) is 1. The average Bonchev–Trinajstić information content (AvgIpc) is 2.87. The van der Waals surface area contributed by atoms with Gasteiger partial charge in [-0.25, -0.2) is 4.98 Å². The quantitative estimate of drug-likeness (QED) is 0.321. The summed E-state index contributed by atoms with van der Waals surface area (Å²) in [4.78, 5) is 31.6. The number of aromatic nitrogens is 2. The highest BCUT2D eigenvalue weighted by atomic mass is 127. The topological polar surface area (TPSA) is 64.0 Å². The number of halogens is 1. The van der Waals surface area contributed by atoms with E-state index in [1.54, 1.807) is 4.57 Å². The molecule has 1 N–H and O–H groups in total. The first-order valence-electron chi connectivity index (χ1n) is 8.09. The van der Waals surface area contributed by atoms with Crippen LogP contribution < -0.4 is 10.9 Å². The van der Waals surface area contributed by atoms with Gasteiger partial charge in [-0.15, -0.1) is 11.3 Å². The molecule has 0 saturated heterocycles. The second-order valence-electron chi connectivity index (χ2n) is 5.75. The first-order valence-corrected chi connectivity index (χ1v) is 11.0. The largest absolute Gasteiger partial charge is 0.325 e. The average molecular weight is 499 g/mol. The van der Waals surface area contributed by atoms with Crippen LogP contribution in [-0.2, 0) is 11.3 Å². The lowest BCUT2D eigenvalue weighted by Crippen LogP contribution is -2.23. The summed E-state index contributed by atoms with van der Waals surface area (Å²) in [5.41, 5.74) is 1.74. The molecule has 0 fully saturated rings. The van der Waals surface area contributed by atoms with Gasteiger partial charge in [0, 0.05) is 20.7 Å². The van der Waals surface area contributed by atoms with E-state index in [4.69, 9.17) is 0 Å². The molecule has 0 bridgehead atoms. The highest BCUT2D eigenvalue weighted by Crippen LogP contribution is 2.28. The Bertz CT molecular complexity index is 1040. The second-order valence-corrected chi connectivity index (χ2v) is 9.15. The molecule has 0 unspecified atom stereocenters.